The molecule has 3 heterocycles. The molecule has 0 spiro atoms. The number of pyridine rings is 1. The summed E-state index contributed by atoms with van der Waals surface area (Å²) >= 11 is 0. The van der Waals surface area contributed by atoms with E-state index in [1.54, 1.807) is 30.6 Å². The molecule has 0 atom stereocenters. The monoisotopic (exact) mass is 388 g/mol. The van der Waals surface area contributed by atoms with E-state index in [4.69, 9.17) is 5.73 Å². The first kappa shape index (κ1) is 19.5. The second-order valence-corrected chi connectivity index (χ2v) is 6.74. The molecule has 1 aliphatic heterocycles. The largest absolute Gasteiger partial charge is 0.382 e. The van der Waals surface area contributed by atoms with Crippen LogP contribution in [0.5, 0.6) is 0 Å². The molecular weight excluding hydrogens is 360 g/mol. The van der Waals surface area contributed by atoms with Crippen molar-refractivity contribution in [1.29, 1.82) is 0 Å². The number of rotatable bonds is 5. The van der Waals surface area contributed by atoms with Crippen LogP contribution in [0.2, 0.25) is 0 Å². The van der Waals surface area contributed by atoms with E-state index in [0.29, 0.717) is 44.4 Å². The van der Waals surface area contributed by atoms with Crippen LogP contribution in [0.3, 0.4) is 0 Å². The average molecular weight is 388 g/mol. The summed E-state index contributed by atoms with van der Waals surface area (Å²) in [4.78, 5) is 42.9. The lowest BCUT2D eigenvalue weighted by atomic mass is 10.3. The van der Waals surface area contributed by atoms with Crippen molar-refractivity contribution in [2.45, 2.75) is 0 Å². The first-order chi connectivity index (χ1) is 13.4. The number of nitrogens with one attached hydrogen (secondary N) is 1. The van der Waals surface area contributed by atoms with Gasteiger partial charge in [0.25, 0.3) is 5.91 Å². The molecule has 0 unspecified atom stereocenters. The number of amides is 2. The molecular formula is C18H28N8O2. The number of nitrogens with zero attached hydrogens (tertiary/aromatic N) is 6. The number of nitrogen functional groups attached to an aromatic ring is 1. The SMILES string of the molecule is CN(C)CC(=O)N1CCN(c2cnc(N)c(C(=O)Nc3ccccn3)n2)CC1.[HH].[HH]. The van der Waals surface area contributed by atoms with Gasteiger partial charge in [0, 0.05) is 35.2 Å². The Morgan fingerprint density at radius 1 is 1.21 bits per heavy atom. The van der Waals surface area contributed by atoms with Gasteiger partial charge >= 0.3 is 0 Å². The number of carbonyl (C=O) groups excluding carboxylic acids is 2. The van der Waals surface area contributed by atoms with Gasteiger partial charge in [-0.25, -0.2) is 15.0 Å². The topological polar surface area (TPSA) is 121 Å². The molecule has 152 valence electrons. The zero-order valence-corrected chi connectivity index (χ0v) is 16.0. The highest BCUT2D eigenvalue weighted by molar-refractivity contribution is 6.05. The van der Waals surface area contributed by atoms with Crippen LogP contribution in [-0.2, 0) is 4.79 Å². The average Bonchev–Trinajstić information content (AvgIpc) is 2.68. The van der Waals surface area contributed by atoms with Gasteiger partial charge in [-0.1, -0.05) is 6.07 Å². The van der Waals surface area contributed by atoms with Crippen LogP contribution in [0.1, 0.15) is 13.3 Å². The molecule has 3 rings (SSSR count). The maximum Gasteiger partial charge on any atom is 0.279 e. The highest BCUT2D eigenvalue weighted by atomic mass is 16.2. The van der Waals surface area contributed by atoms with Gasteiger partial charge in [0.15, 0.2) is 11.5 Å². The van der Waals surface area contributed by atoms with Crippen molar-refractivity contribution < 1.29 is 12.4 Å². The molecule has 28 heavy (non-hydrogen) atoms. The fourth-order valence-corrected chi connectivity index (χ4v) is 2.88. The van der Waals surface area contributed by atoms with Crippen LogP contribution >= 0.6 is 0 Å². The molecule has 0 aliphatic carbocycles. The Hall–Kier alpha value is -3.27. The van der Waals surface area contributed by atoms with Gasteiger partial charge in [-0.15, -0.1) is 0 Å². The molecule has 1 aliphatic rings. The highest BCUT2D eigenvalue weighted by Crippen LogP contribution is 2.17. The minimum Gasteiger partial charge on any atom is -0.382 e. The third-order valence-corrected chi connectivity index (χ3v) is 4.32. The number of anilines is 3. The van der Waals surface area contributed by atoms with Crippen LogP contribution in [0, 0.1) is 0 Å². The van der Waals surface area contributed by atoms with Crippen LogP contribution in [-0.4, -0.2) is 83.4 Å². The third kappa shape index (κ3) is 4.71. The zero-order valence-electron chi connectivity index (χ0n) is 16.0. The third-order valence-electron chi connectivity index (χ3n) is 4.32. The molecule has 0 saturated carbocycles. The predicted molar refractivity (Wildman–Crippen MR) is 110 cm³/mol. The van der Waals surface area contributed by atoms with Crippen LogP contribution in [0.25, 0.3) is 0 Å². The summed E-state index contributed by atoms with van der Waals surface area (Å²) in [6.45, 7) is 2.79. The van der Waals surface area contributed by atoms with E-state index in [1.165, 1.54) is 0 Å². The number of piperazine rings is 1. The van der Waals surface area contributed by atoms with E-state index in [2.05, 4.69) is 20.3 Å². The predicted octanol–water partition coefficient (Wildman–Crippen LogP) is 0.408. The summed E-state index contributed by atoms with van der Waals surface area (Å²) in [5.41, 5.74) is 5.90. The molecule has 1 saturated heterocycles. The molecule has 0 aromatic carbocycles. The summed E-state index contributed by atoms with van der Waals surface area (Å²) in [5.74, 6) is 0.651. The fraction of sp³-hybridized carbons (Fsp3) is 0.389. The quantitative estimate of drug-likeness (QED) is 0.755. The normalized spacial score (nSPS) is 14.2. The Morgan fingerprint density at radius 3 is 2.61 bits per heavy atom. The van der Waals surface area contributed by atoms with E-state index in [9.17, 15) is 9.59 Å². The first-order valence-corrected chi connectivity index (χ1v) is 8.96. The molecule has 2 amide bonds. The molecule has 10 heteroatoms. The Bertz CT molecular complexity index is 845. The minimum atomic E-state index is -0.467. The molecule has 2 aromatic heterocycles. The molecule has 0 radical (unpaired) electrons. The summed E-state index contributed by atoms with van der Waals surface area (Å²) < 4.78 is 0. The lowest BCUT2D eigenvalue weighted by Gasteiger charge is -2.35. The fourth-order valence-electron chi connectivity index (χ4n) is 2.88. The standard InChI is InChI=1S/C18H24N8O2.2H2/c1-24(2)12-15(27)26-9-7-25(8-10-26)14-11-21-17(19)16(23-14)18(28)22-13-5-3-4-6-20-13;;/h3-6,11H,7-10,12H2,1-2H3,(H2,19,21)(H,20,22,28);2*1H. The number of hydrogen-bond donors (Lipinski definition) is 2. The maximum absolute atomic E-state index is 12.5. The number of carbonyl (C=O) groups is 2. The maximum atomic E-state index is 12.5. The Morgan fingerprint density at radius 2 is 1.96 bits per heavy atom. The van der Waals surface area contributed by atoms with E-state index in [1.807, 2.05) is 28.8 Å². The molecule has 3 N–H and O–H groups in total. The lowest BCUT2D eigenvalue weighted by Crippen LogP contribution is -2.51. The van der Waals surface area contributed by atoms with Gasteiger partial charge in [-0.3, -0.25) is 9.59 Å². The van der Waals surface area contributed by atoms with Crippen molar-refractivity contribution >= 4 is 29.3 Å². The van der Waals surface area contributed by atoms with E-state index in [-0.39, 0.29) is 20.3 Å². The van der Waals surface area contributed by atoms with E-state index in [0.717, 1.165) is 0 Å². The summed E-state index contributed by atoms with van der Waals surface area (Å²) in [6, 6.07) is 5.20. The Balaban J connectivity index is 0.00000225. The van der Waals surface area contributed by atoms with Crippen molar-refractivity contribution in [3.05, 3.63) is 36.3 Å². The van der Waals surface area contributed by atoms with Gasteiger partial charge in [0.1, 0.15) is 11.6 Å². The lowest BCUT2D eigenvalue weighted by molar-refractivity contribution is -0.132. The number of aromatic nitrogens is 3. The Labute approximate surface area is 166 Å². The number of hydrogen-bond acceptors (Lipinski definition) is 8. The smallest absolute Gasteiger partial charge is 0.279 e. The number of nitrogens with two attached hydrogens (primary N) is 1. The summed E-state index contributed by atoms with van der Waals surface area (Å²) in [7, 11) is 3.74. The molecule has 2 aromatic rings. The van der Waals surface area contributed by atoms with Crippen LogP contribution in [0.15, 0.2) is 30.6 Å². The number of likely N-dealkylation sites (N-methyl/N-ethyl adjacent to an activating group) is 1. The van der Waals surface area contributed by atoms with Gasteiger partial charge in [0.2, 0.25) is 5.91 Å². The van der Waals surface area contributed by atoms with Crippen LogP contribution in [0.4, 0.5) is 17.5 Å². The molecule has 0 bridgehead atoms. The van der Waals surface area contributed by atoms with Gasteiger partial charge < -0.3 is 25.8 Å². The van der Waals surface area contributed by atoms with E-state index < -0.39 is 5.91 Å². The minimum absolute atomic E-state index is 0. The van der Waals surface area contributed by atoms with Gasteiger partial charge in [-0.2, -0.15) is 0 Å². The molecule has 1 fully saturated rings. The summed E-state index contributed by atoms with van der Waals surface area (Å²) in [6.07, 6.45) is 3.13. The van der Waals surface area contributed by atoms with Crippen molar-refractivity contribution in [3.63, 3.8) is 0 Å². The zero-order chi connectivity index (χ0) is 20.1. The first-order valence-electron chi connectivity index (χ1n) is 8.96. The van der Waals surface area contributed by atoms with Crippen molar-refractivity contribution in [2.75, 3.05) is 62.8 Å². The van der Waals surface area contributed by atoms with Crippen LogP contribution < -0.4 is 16.0 Å². The van der Waals surface area contributed by atoms with Crippen molar-refractivity contribution in [1.82, 2.24) is 24.8 Å². The van der Waals surface area contributed by atoms with Gasteiger partial charge in [-0.05, 0) is 26.2 Å². The van der Waals surface area contributed by atoms with Crippen molar-refractivity contribution in [2.24, 2.45) is 0 Å². The van der Waals surface area contributed by atoms with Gasteiger partial charge in [0.05, 0.1) is 12.7 Å². The molecule has 10 nitrogen and oxygen atoms in total. The van der Waals surface area contributed by atoms with Crippen molar-refractivity contribution in [3.8, 4) is 0 Å². The second kappa shape index (κ2) is 8.61. The highest BCUT2D eigenvalue weighted by Gasteiger charge is 2.24. The Kier molecular flexibility index (Phi) is 5.99. The summed E-state index contributed by atoms with van der Waals surface area (Å²) in [5, 5.41) is 2.66. The van der Waals surface area contributed by atoms with E-state index >= 15 is 0 Å². The second-order valence-electron chi connectivity index (χ2n) is 6.74.